The van der Waals surface area contributed by atoms with Crippen molar-refractivity contribution in [1.29, 1.82) is 0 Å². The molecule has 0 aliphatic heterocycles. The summed E-state index contributed by atoms with van der Waals surface area (Å²) in [6, 6.07) is 9.13. The van der Waals surface area contributed by atoms with Gasteiger partial charge in [-0.25, -0.2) is 4.98 Å². The largest absolute Gasteiger partial charge is 0.508 e. The summed E-state index contributed by atoms with van der Waals surface area (Å²) < 4.78 is 7.62. The summed E-state index contributed by atoms with van der Waals surface area (Å²) in [5.74, 6) is 0.825. The van der Waals surface area contributed by atoms with Gasteiger partial charge in [0.15, 0.2) is 5.75 Å². The van der Waals surface area contributed by atoms with Crippen LogP contribution in [0.5, 0.6) is 17.2 Å². The SMILES string of the molecule is CC(C)c1cc(Oc2c(Br)cc(Cc3nc(CC(=O)O)cs3)cc2Br)ccc1O. The zero-order valence-electron chi connectivity index (χ0n) is 15.8. The number of nitrogens with zero attached hydrogens (tertiary/aromatic N) is 1. The summed E-state index contributed by atoms with van der Waals surface area (Å²) in [4.78, 5) is 15.2. The van der Waals surface area contributed by atoms with E-state index < -0.39 is 5.97 Å². The fourth-order valence-electron chi connectivity index (χ4n) is 2.83. The van der Waals surface area contributed by atoms with Crippen LogP contribution < -0.4 is 4.74 Å². The molecule has 0 amide bonds. The second kappa shape index (κ2) is 9.28. The van der Waals surface area contributed by atoms with Crippen molar-refractivity contribution in [3.63, 3.8) is 0 Å². The van der Waals surface area contributed by atoms with Crippen LogP contribution >= 0.6 is 43.2 Å². The van der Waals surface area contributed by atoms with Crippen molar-refractivity contribution in [3.05, 3.63) is 66.5 Å². The fraction of sp³-hybridized carbons (Fsp3) is 0.238. The van der Waals surface area contributed by atoms with Gasteiger partial charge in [0.25, 0.3) is 0 Å². The number of phenolic OH excluding ortho intramolecular Hbond substituents is 1. The Hall–Kier alpha value is -1.90. The number of halogens is 2. The second-order valence-corrected chi connectivity index (χ2v) is 9.50. The predicted molar refractivity (Wildman–Crippen MR) is 120 cm³/mol. The first-order valence-electron chi connectivity index (χ1n) is 8.86. The van der Waals surface area contributed by atoms with Gasteiger partial charge in [-0.1, -0.05) is 13.8 Å². The maximum absolute atomic E-state index is 10.8. The van der Waals surface area contributed by atoms with E-state index in [0.29, 0.717) is 23.6 Å². The Morgan fingerprint density at radius 1 is 1.21 bits per heavy atom. The van der Waals surface area contributed by atoms with E-state index in [2.05, 4.69) is 36.8 Å². The van der Waals surface area contributed by atoms with Crippen LogP contribution in [0.4, 0.5) is 0 Å². The highest BCUT2D eigenvalue weighted by atomic mass is 79.9. The molecule has 29 heavy (non-hydrogen) atoms. The lowest BCUT2D eigenvalue weighted by Crippen LogP contribution is -2.00. The van der Waals surface area contributed by atoms with Crippen molar-refractivity contribution in [2.24, 2.45) is 0 Å². The summed E-state index contributed by atoms with van der Waals surface area (Å²) in [6.07, 6.45) is 0.528. The quantitative estimate of drug-likeness (QED) is 0.357. The van der Waals surface area contributed by atoms with Gasteiger partial charge >= 0.3 is 5.97 Å². The maximum atomic E-state index is 10.8. The van der Waals surface area contributed by atoms with Crippen molar-refractivity contribution in [3.8, 4) is 17.2 Å². The molecule has 0 radical (unpaired) electrons. The first-order chi connectivity index (χ1) is 13.7. The van der Waals surface area contributed by atoms with E-state index >= 15 is 0 Å². The molecule has 0 atom stereocenters. The van der Waals surface area contributed by atoms with Gasteiger partial charge in [-0.2, -0.15) is 0 Å². The first-order valence-corrected chi connectivity index (χ1v) is 11.3. The number of ether oxygens (including phenoxy) is 1. The topological polar surface area (TPSA) is 79.7 Å². The molecular formula is C21H19Br2NO4S. The van der Waals surface area contributed by atoms with Crippen LogP contribution in [0.2, 0.25) is 0 Å². The fourth-order valence-corrected chi connectivity index (χ4v) is 5.10. The summed E-state index contributed by atoms with van der Waals surface area (Å²) in [6.45, 7) is 4.03. The Morgan fingerprint density at radius 2 is 1.90 bits per heavy atom. The van der Waals surface area contributed by atoms with Gasteiger partial charge in [0.05, 0.1) is 26.1 Å². The second-order valence-electron chi connectivity index (χ2n) is 6.85. The number of carbonyl (C=O) groups is 1. The van der Waals surface area contributed by atoms with Crippen LogP contribution in [-0.4, -0.2) is 21.2 Å². The van der Waals surface area contributed by atoms with E-state index in [4.69, 9.17) is 9.84 Å². The molecule has 0 bridgehead atoms. The van der Waals surface area contributed by atoms with Gasteiger partial charge in [-0.3, -0.25) is 4.79 Å². The van der Waals surface area contributed by atoms with E-state index in [-0.39, 0.29) is 18.1 Å². The summed E-state index contributed by atoms with van der Waals surface area (Å²) in [5, 5.41) is 21.5. The van der Waals surface area contributed by atoms with Crippen LogP contribution in [0.15, 0.2) is 44.7 Å². The van der Waals surface area contributed by atoms with Crippen molar-refractivity contribution in [2.75, 3.05) is 0 Å². The van der Waals surface area contributed by atoms with Gasteiger partial charge < -0.3 is 14.9 Å². The van der Waals surface area contributed by atoms with Gasteiger partial charge in [0.1, 0.15) is 11.5 Å². The zero-order valence-corrected chi connectivity index (χ0v) is 19.8. The van der Waals surface area contributed by atoms with Gasteiger partial charge in [-0.15, -0.1) is 11.3 Å². The molecule has 0 aliphatic carbocycles. The number of aliphatic carboxylic acids is 1. The van der Waals surface area contributed by atoms with E-state index in [1.165, 1.54) is 11.3 Å². The molecule has 3 aromatic rings. The number of aromatic nitrogens is 1. The lowest BCUT2D eigenvalue weighted by atomic mass is 10.0. The number of benzene rings is 2. The molecule has 0 fully saturated rings. The van der Waals surface area contributed by atoms with Crippen LogP contribution in [0.25, 0.3) is 0 Å². The Kier molecular flexibility index (Phi) is 6.97. The van der Waals surface area contributed by atoms with Gasteiger partial charge in [0, 0.05) is 17.4 Å². The van der Waals surface area contributed by atoms with Crippen molar-refractivity contribution < 1.29 is 19.7 Å². The molecule has 5 nitrogen and oxygen atoms in total. The number of aromatic hydroxyl groups is 1. The molecule has 3 rings (SSSR count). The van der Waals surface area contributed by atoms with Crippen molar-refractivity contribution in [1.82, 2.24) is 4.98 Å². The third-order valence-corrected chi connectivity index (χ3v) is 6.26. The molecule has 1 aromatic heterocycles. The average molecular weight is 541 g/mol. The predicted octanol–water partition coefficient (Wildman–Crippen LogP) is 6.51. The summed E-state index contributed by atoms with van der Waals surface area (Å²) in [7, 11) is 0. The summed E-state index contributed by atoms with van der Waals surface area (Å²) in [5.41, 5.74) is 2.41. The van der Waals surface area contributed by atoms with Crippen LogP contribution in [0, 0.1) is 0 Å². The standard InChI is InChI=1S/C21H19Br2NO4S/c1-11(2)15-9-14(3-4-18(15)25)28-21-16(22)5-12(6-17(21)23)7-19-24-13(10-29-19)8-20(26)27/h3-6,9-11,25H,7-8H2,1-2H3,(H,26,27). The molecule has 0 spiro atoms. The lowest BCUT2D eigenvalue weighted by molar-refractivity contribution is -0.136. The van der Waals surface area contributed by atoms with Gasteiger partial charge in [0.2, 0.25) is 0 Å². The van der Waals surface area contributed by atoms with Crippen LogP contribution in [0.3, 0.4) is 0 Å². The van der Waals surface area contributed by atoms with E-state index in [1.54, 1.807) is 17.5 Å². The minimum atomic E-state index is -0.885. The third-order valence-electron chi connectivity index (χ3n) is 4.19. The number of carboxylic acids is 1. The number of hydrogen-bond donors (Lipinski definition) is 2. The molecule has 0 unspecified atom stereocenters. The van der Waals surface area contributed by atoms with Crippen molar-refractivity contribution in [2.45, 2.75) is 32.6 Å². The average Bonchev–Trinajstić information content (AvgIpc) is 3.05. The molecule has 1 heterocycles. The Labute approximate surface area is 189 Å². The molecule has 0 saturated heterocycles. The molecule has 2 aromatic carbocycles. The number of carboxylic acid groups (broad SMARTS) is 1. The van der Waals surface area contributed by atoms with Crippen LogP contribution in [0.1, 0.15) is 41.6 Å². The number of hydrogen-bond acceptors (Lipinski definition) is 5. The Bertz CT molecular complexity index is 1030. The van der Waals surface area contributed by atoms with E-state index in [1.807, 2.05) is 32.0 Å². The van der Waals surface area contributed by atoms with Crippen molar-refractivity contribution >= 4 is 49.2 Å². The van der Waals surface area contributed by atoms with Crippen LogP contribution in [-0.2, 0) is 17.6 Å². The normalized spacial score (nSPS) is 11.1. The third kappa shape index (κ3) is 5.58. The Balaban J connectivity index is 1.80. The smallest absolute Gasteiger partial charge is 0.309 e. The molecule has 0 saturated carbocycles. The van der Waals surface area contributed by atoms with Gasteiger partial charge in [-0.05, 0) is 73.7 Å². The summed E-state index contributed by atoms with van der Waals surface area (Å²) >= 11 is 8.59. The zero-order chi connectivity index (χ0) is 21.1. The molecule has 8 heteroatoms. The molecule has 2 N–H and O–H groups in total. The highest BCUT2D eigenvalue weighted by Crippen LogP contribution is 2.40. The van der Waals surface area contributed by atoms with E-state index in [9.17, 15) is 9.90 Å². The highest BCUT2D eigenvalue weighted by molar-refractivity contribution is 9.11. The minimum absolute atomic E-state index is 0.0678. The number of rotatable bonds is 7. The monoisotopic (exact) mass is 539 g/mol. The molecule has 0 aliphatic rings. The lowest BCUT2D eigenvalue weighted by Gasteiger charge is -2.14. The first kappa shape index (κ1) is 21.8. The maximum Gasteiger partial charge on any atom is 0.309 e. The minimum Gasteiger partial charge on any atom is -0.508 e. The molecule has 152 valence electrons. The number of phenols is 1. The highest BCUT2D eigenvalue weighted by Gasteiger charge is 2.14. The number of thiazole rings is 1. The molecular weight excluding hydrogens is 522 g/mol. The Morgan fingerprint density at radius 3 is 2.52 bits per heavy atom. The van der Waals surface area contributed by atoms with E-state index in [0.717, 1.165) is 25.1 Å².